The zero-order valence-electron chi connectivity index (χ0n) is 19.5. The number of hydrogen-bond donors (Lipinski definition) is 0. The van der Waals surface area contributed by atoms with Gasteiger partial charge in [-0.25, -0.2) is 4.79 Å². The Morgan fingerprint density at radius 2 is 1.79 bits per heavy atom. The lowest BCUT2D eigenvalue weighted by atomic mass is 9.86. The van der Waals surface area contributed by atoms with Gasteiger partial charge in [0.15, 0.2) is 8.32 Å². The normalized spacial score (nSPS) is 23.1. The van der Waals surface area contributed by atoms with Gasteiger partial charge in [-0.05, 0) is 62.2 Å². The van der Waals surface area contributed by atoms with E-state index in [1.54, 1.807) is 0 Å². The van der Waals surface area contributed by atoms with E-state index in [1.165, 1.54) is 0 Å². The van der Waals surface area contributed by atoms with E-state index >= 15 is 0 Å². The van der Waals surface area contributed by atoms with Crippen LogP contribution in [0.5, 0.6) is 0 Å². The molecule has 0 N–H and O–H groups in total. The van der Waals surface area contributed by atoms with E-state index in [-0.39, 0.29) is 23.2 Å². The van der Waals surface area contributed by atoms with Gasteiger partial charge in [-0.1, -0.05) is 58.0 Å². The molecule has 1 aliphatic heterocycles. The van der Waals surface area contributed by atoms with E-state index in [0.717, 1.165) is 37.9 Å². The molecule has 2 rings (SSSR count). The summed E-state index contributed by atoms with van der Waals surface area (Å²) in [5, 5.41) is 0.230. The van der Waals surface area contributed by atoms with Gasteiger partial charge in [0.05, 0.1) is 0 Å². The molecule has 4 nitrogen and oxygen atoms in total. The molecule has 0 aliphatic carbocycles. The van der Waals surface area contributed by atoms with Gasteiger partial charge in [0.1, 0.15) is 6.61 Å². The van der Waals surface area contributed by atoms with E-state index in [0.29, 0.717) is 12.5 Å². The number of hydrogen-bond acceptors (Lipinski definition) is 3. The third-order valence-corrected chi connectivity index (χ3v) is 11.2. The Morgan fingerprint density at radius 1 is 1.14 bits per heavy atom. The molecular formula is C24H41NO3Si. The fraction of sp³-hybridized carbons (Fsp3) is 0.708. The van der Waals surface area contributed by atoms with Crippen LogP contribution in [0.2, 0.25) is 18.1 Å². The molecule has 1 aliphatic rings. The molecule has 0 unspecified atom stereocenters. The summed E-state index contributed by atoms with van der Waals surface area (Å²) >= 11 is 0. The average Bonchev–Trinajstić information content (AvgIpc) is 2.63. The number of amides is 1. The first-order chi connectivity index (χ1) is 13.5. The number of likely N-dealkylation sites (tertiary alicyclic amines) is 1. The van der Waals surface area contributed by atoms with Gasteiger partial charge in [0, 0.05) is 18.7 Å². The van der Waals surface area contributed by atoms with E-state index in [4.69, 9.17) is 9.16 Å². The van der Waals surface area contributed by atoms with Crippen LogP contribution >= 0.6 is 0 Å². The van der Waals surface area contributed by atoms with Crippen LogP contribution in [0.25, 0.3) is 0 Å². The van der Waals surface area contributed by atoms with Gasteiger partial charge in [0.2, 0.25) is 0 Å². The highest BCUT2D eigenvalue weighted by Gasteiger charge is 2.38. The number of ether oxygens (including phenoxy) is 1. The number of carbonyl (C=O) groups excluding carboxylic acids is 1. The topological polar surface area (TPSA) is 38.8 Å². The first-order valence-electron chi connectivity index (χ1n) is 11.1. The monoisotopic (exact) mass is 419 g/mol. The second kappa shape index (κ2) is 10.1. The van der Waals surface area contributed by atoms with Crippen molar-refractivity contribution in [2.24, 2.45) is 5.92 Å². The van der Waals surface area contributed by atoms with Gasteiger partial charge in [-0.15, -0.1) is 0 Å². The summed E-state index contributed by atoms with van der Waals surface area (Å²) in [5.74, 6) is 0.634. The smallest absolute Gasteiger partial charge is 0.410 e. The van der Waals surface area contributed by atoms with Crippen molar-refractivity contribution in [3.05, 3.63) is 35.9 Å². The molecule has 0 spiro atoms. The van der Waals surface area contributed by atoms with Crippen LogP contribution in [0.15, 0.2) is 30.3 Å². The van der Waals surface area contributed by atoms with Crippen molar-refractivity contribution in [3.8, 4) is 0 Å². The van der Waals surface area contributed by atoms with Crippen molar-refractivity contribution in [3.63, 3.8) is 0 Å². The maximum Gasteiger partial charge on any atom is 0.410 e. The lowest BCUT2D eigenvalue weighted by Crippen LogP contribution is -2.51. The fourth-order valence-corrected chi connectivity index (χ4v) is 5.06. The second-order valence-electron chi connectivity index (χ2n) is 10.3. The zero-order chi connectivity index (χ0) is 21.7. The summed E-state index contributed by atoms with van der Waals surface area (Å²) in [6, 6.07) is 10.4. The molecule has 5 heteroatoms. The number of piperidine rings is 1. The Kier molecular flexibility index (Phi) is 8.35. The predicted octanol–water partition coefficient (Wildman–Crippen LogP) is 6.61. The van der Waals surface area contributed by atoms with Gasteiger partial charge in [-0.2, -0.15) is 0 Å². The van der Waals surface area contributed by atoms with E-state index in [9.17, 15) is 4.79 Å². The summed E-state index contributed by atoms with van der Waals surface area (Å²) in [6.07, 6.45) is 3.87. The molecule has 0 aromatic heterocycles. The number of rotatable bonds is 7. The second-order valence-corrected chi connectivity index (χ2v) is 15.1. The van der Waals surface area contributed by atoms with Gasteiger partial charge in [0.25, 0.3) is 0 Å². The SMILES string of the molecule is C[C@@H]1C[C@@H](CCCO[Si](C)(C)C(C)(C)C)N(C(=O)OCc2ccccc2)[C@H](C)C1. The maximum absolute atomic E-state index is 12.9. The van der Waals surface area contributed by atoms with Crippen LogP contribution in [0.4, 0.5) is 4.79 Å². The molecule has 164 valence electrons. The average molecular weight is 420 g/mol. The lowest BCUT2D eigenvalue weighted by molar-refractivity contribution is 0.0299. The Balaban J connectivity index is 1.91. The Morgan fingerprint density at radius 3 is 2.41 bits per heavy atom. The first kappa shape index (κ1) is 23.9. The molecule has 1 heterocycles. The van der Waals surface area contributed by atoms with E-state index < -0.39 is 8.32 Å². The summed E-state index contributed by atoms with van der Waals surface area (Å²) < 4.78 is 12.0. The van der Waals surface area contributed by atoms with Crippen LogP contribution in [0.3, 0.4) is 0 Å². The van der Waals surface area contributed by atoms with Crippen molar-refractivity contribution < 1.29 is 14.0 Å². The van der Waals surface area contributed by atoms with Crippen LogP contribution in [0, 0.1) is 5.92 Å². The molecule has 1 aromatic carbocycles. The predicted molar refractivity (Wildman–Crippen MR) is 122 cm³/mol. The maximum atomic E-state index is 12.9. The number of nitrogens with zero attached hydrogens (tertiary/aromatic N) is 1. The summed E-state index contributed by atoms with van der Waals surface area (Å²) in [6.45, 7) is 17.0. The van der Waals surface area contributed by atoms with Crippen molar-refractivity contribution in [2.75, 3.05) is 6.61 Å². The molecule has 1 saturated heterocycles. The van der Waals surface area contributed by atoms with Crippen LogP contribution < -0.4 is 0 Å². The molecule has 3 atom stereocenters. The van der Waals surface area contributed by atoms with Gasteiger partial charge in [-0.3, -0.25) is 0 Å². The molecule has 29 heavy (non-hydrogen) atoms. The van der Waals surface area contributed by atoms with Crippen molar-refractivity contribution in [1.82, 2.24) is 4.90 Å². The quantitative estimate of drug-likeness (QED) is 0.368. The first-order valence-corrected chi connectivity index (χ1v) is 14.0. The van der Waals surface area contributed by atoms with Crippen LogP contribution in [-0.4, -0.2) is 38.0 Å². The van der Waals surface area contributed by atoms with Gasteiger partial charge >= 0.3 is 6.09 Å². The van der Waals surface area contributed by atoms with Crippen LogP contribution in [0.1, 0.15) is 65.9 Å². The summed E-state index contributed by atoms with van der Waals surface area (Å²) in [5.41, 5.74) is 1.03. The minimum Gasteiger partial charge on any atom is -0.445 e. The summed E-state index contributed by atoms with van der Waals surface area (Å²) in [7, 11) is -1.71. The van der Waals surface area contributed by atoms with E-state index in [2.05, 4.69) is 47.7 Å². The highest BCUT2D eigenvalue weighted by atomic mass is 28.4. The number of benzene rings is 1. The van der Waals surface area contributed by atoms with Crippen molar-refractivity contribution in [2.45, 2.75) is 97.1 Å². The minimum atomic E-state index is -1.71. The molecule has 1 amide bonds. The molecular weight excluding hydrogens is 378 g/mol. The third-order valence-electron chi connectivity index (χ3n) is 6.65. The fourth-order valence-electron chi connectivity index (χ4n) is 3.97. The molecule has 0 saturated carbocycles. The van der Waals surface area contributed by atoms with Crippen LogP contribution in [-0.2, 0) is 15.8 Å². The van der Waals surface area contributed by atoms with Crippen molar-refractivity contribution >= 4 is 14.4 Å². The molecule has 1 fully saturated rings. The zero-order valence-corrected chi connectivity index (χ0v) is 20.5. The lowest BCUT2D eigenvalue weighted by Gasteiger charge is -2.43. The summed E-state index contributed by atoms with van der Waals surface area (Å²) in [4.78, 5) is 14.9. The van der Waals surface area contributed by atoms with Gasteiger partial charge < -0.3 is 14.1 Å². The highest BCUT2D eigenvalue weighted by molar-refractivity contribution is 6.74. The van der Waals surface area contributed by atoms with E-state index in [1.807, 2.05) is 35.2 Å². The highest BCUT2D eigenvalue weighted by Crippen LogP contribution is 2.37. The Bertz CT molecular complexity index is 641. The molecule has 1 aromatic rings. The Labute approximate surface area is 179 Å². The Hall–Kier alpha value is -1.33. The number of carbonyl (C=O) groups is 1. The standard InChI is InChI=1S/C24H41NO3Si/c1-19-16-20(2)25(23(26)27-18-21-12-9-8-10-13-21)22(17-19)14-11-15-28-29(6,7)24(3,4)5/h8-10,12-13,19-20,22H,11,14-18H2,1-7H3/t19-,20+,22+/m0/s1. The largest absolute Gasteiger partial charge is 0.445 e. The van der Waals surface area contributed by atoms with Crippen molar-refractivity contribution in [1.29, 1.82) is 0 Å². The third kappa shape index (κ3) is 6.85. The minimum absolute atomic E-state index is 0.177. The molecule has 0 bridgehead atoms. The molecule has 0 radical (unpaired) electrons.